The van der Waals surface area contributed by atoms with E-state index in [4.69, 9.17) is 9.47 Å². The summed E-state index contributed by atoms with van der Waals surface area (Å²) in [6, 6.07) is 27.8. The van der Waals surface area contributed by atoms with Crippen molar-refractivity contribution in [1.82, 2.24) is 14.3 Å². The SMILES string of the molecule is N#Cc1cc(OC2CCNC2)ccc1-c1ccnc2c1cc(-c1ccc(N3CCOCC3)cc1)n2S(=O)(=O)c1ccccc1. The van der Waals surface area contributed by atoms with Crippen molar-refractivity contribution < 1.29 is 17.9 Å². The molecular weight excluding hydrogens is 574 g/mol. The van der Waals surface area contributed by atoms with E-state index in [0.29, 0.717) is 52.4 Å². The Labute approximate surface area is 256 Å². The van der Waals surface area contributed by atoms with Gasteiger partial charge in [0.05, 0.1) is 35.4 Å². The van der Waals surface area contributed by atoms with Gasteiger partial charge in [-0.1, -0.05) is 30.3 Å². The van der Waals surface area contributed by atoms with E-state index in [2.05, 4.69) is 21.3 Å². The van der Waals surface area contributed by atoms with Gasteiger partial charge < -0.3 is 19.7 Å². The molecule has 2 saturated heterocycles. The van der Waals surface area contributed by atoms with Gasteiger partial charge in [-0.05, 0) is 78.7 Å². The third-order valence-corrected chi connectivity index (χ3v) is 9.92. The normalized spacial score (nSPS) is 17.1. The van der Waals surface area contributed by atoms with Crippen molar-refractivity contribution in [3.05, 3.63) is 96.7 Å². The van der Waals surface area contributed by atoms with Crippen LogP contribution in [0.2, 0.25) is 0 Å². The smallest absolute Gasteiger partial charge is 0.269 e. The van der Waals surface area contributed by atoms with E-state index in [-0.39, 0.29) is 11.0 Å². The highest BCUT2D eigenvalue weighted by Crippen LogP contribution is 2.38. The van der Waals surface area contributed by atoms with Gasteiger partial charge in [0.15, 0.2) is 5.65 Å². The molecule has 0 spiro atoms. The summed E-state index contributed by atoms with van der Waals surface area (Å²) in [5, 5.41) is 14.1. The molecule has 2 aliphatic rings. The van der Waals surface area contributed by atoms with Crippen LogP contribution >= 0.6 is 0 Å². The first-order valence-corrected chi connectivity index (χ1v) is 16.1. The molecule has 222 valence electrons. The summed E-state index contributed by atoms with van der Waals surface area (Å²) in [4.78, 5) is 7.00. The summed E-state index contributed by atoms with van der Waals surface area (Å²) in [7, 11) is -4.03. The minimum atomic E-state index is -4.03. The maximum absolute atomic E-state index is 14.2. The lowest BCUT2D eigenvalue weighted by atomic mass is 9.98. The quantitative estimate of drug-likeness (QED) is 0.274. The van der Waals surface area contributed by atoms with Gasteiger partial charge >= 0.3 is 0 Å². The van der Waals surface area contributed by atoms with E-state index in [0.717, 1.165) is 43.9 Å². The van der Waals surface area contributed by atoms with Gasteiger partial charge in [0.25, 0.3) is 10.0 Å². The summed E-state index contributed by atoms with van der Waals surface area (Å²) in [6.45, 7) is 4.64. The number of hydrogen-bond acceptors (Lipinski definition) is 8. The predicted octanol–water partition coefficient (Wildman–Crippen LogP) is 5.06. The second-order valence-electron chi connectivity index (χ2n) is 10.9. The largest absolute Gasteiger partial charge is 0.489 e. The molecule has 0 aliphatic carbocycles. The van der Waals surface area contributed by atoms with Crippen LogP contribution in [0.4, 0.5) is 5.69 Å². The van der Waals surface area contributed by atoms with Crippen LogP contribution < -0.4 is 15.0 Å². The summed E-state index contributed by atoms with van der Waals surface area (Å²) in [6.07, 6.45) is 2.57. The molecule has 44 heavy (non-hydrogen) atoms. The Morgan fingerprint density at radius 3 is 2.48 bits per heavy atom. The molecule has 2 fully saturated rings. The monoisotopic (exact) mass is 605 g/mol. The van der Waals surface area contributed by atoms with Crippen LogP contribution in [0.1, 0.15) is 12.0 Å². The van der Waals surface area contributed by atoms with Crippen molar-refractivity contribution in [2.75, 3.05) is 44.3 Å². The molecule has 1 atom stereocenters. The number of nitrogens with zero attached hydrogens (tertiary/aromatic N) is 4. The number of ether oxygens (including phenoxy) is 2. The fraction of sp³-hybridized carbons (Fsp3) is 0.235. The van der Waals surface area contributed by atoms with Crippen LogP contribution in [0.25, 0.3) is 33.4 Å². The number of aromatic nitrogens is 2. The molecule has 0 amide bonds. The number of morpholine rings is 1. The second-order valence-corrected chi connectivity index (χ2v) is 12.7. The van der Waals surface area contributed by atoms with Gasteiger partial charge in [-0.2, -0.15) is 5.26 Å². The standard InChI is InChI=1S/C34H31N5O4S/c35-22-25-20-27(43-28-12-14-36-23-28)10-11-30(25)31-13-15-37-34-32(31)21-33(39(34)44(40,41)29-4-2-1-3-5-29)24-6-8-26(9-7-24)38-16-18-42-19-17-38/h1-11,13,15,20-21,28,36H,12,14,16-19,23H2. The first-order valence-electron chi connectivity index (χ1n) is 14.7. The van der Waals surface area contributed by atoms with Crippen molar-refractivity contribution in [2.24, 2.45) is 0 Å². The summed E-state index contributed by atoms with van der Waals surface area (Å²) in [5.74, 6) is 0.634. The van der Waals surface area contributed by atoms with Crippen LogP contribution in [-0.4, -0.2) is 62.9 Å². The fourth-order valence-corrected chi connectivity index (χ4v) is 7.46. The third-order valence-electron chi connectivity index (χ3n) is 8.20. The number of benzene rings is 3. The fourth-order valence-electron chi connectivity index (χ4n) is 5.96. The Balaban J connectivity index is 1.38. The Kier molecular flexibility index (Phi) is 7.52. The molecule has 0 bridgehead atoms. The highest BCUT2D eigenvalue weighted by molar-refractivity contribution is 7.90. The molecule has 5 aromatic rings. The topological polar surface area (TPSA) is 109 Å². The van der Waals surface area contributed by atoms with E-state index in [1.807, 2.05) is 48.5 Å². The summed E-state index contributed by atoms with van der Waals surface area (Å²) < 4.78 is 41.4. The number of fused-ring (bicyclic) bond motifs is 1. The Bertz CT molecular complexity index is 1960. The Morgan fingerprint density at radius 1 is 0.955 bits per heavy atom. The minimum Gasteiger partial charge on any atom is -0.489 e. The molecule has 10 heteroatoms. The van der Waals surface area contributed by atoms with Crippen LogP contribution in [0.3, 0.4) is 0 Å². The van der Waals surface area contributed by atoms with Crippen molar-refractivity contribution in [3.63, 3.8) is 0 Å². The molecule has 1 unspecified atom stereocenters. The van der Waals surface area contributed by atoms with Crippen molar-refractivity contribution >= 4 is 26.7 Å². The number of rotatable bonds is 7. The van der Waals surface area contributed by atoms with Gasteiger partial charge in [-0.3, -0.25) is 0 Å². The number of anilines is 1. The van der Waals surface area contributed by atoms with Gasteiger partial charge in [0, 0.05) is 42.5 Å². The molecule has 9 nitrogen and oxygen atoms in total. The lowest BCUT2D eigenvalue weighted by Crippen LogP contribution is -2.36. The number of hydrogen-bond donors (Lipinski definition) is 1. The van der Waals surface area contributed by atoms with E-state index in [1.165, 1.54) is 3.97 Å². The highest BCUT2D eigenvalue weighted by atomic mass is 32.2. The maximum Gasteiger partial charge on any atom is 0.269 e. The molecule has 2 aliphatic heterocycles. The predicted molar refractivity (Wildman–Crippen MR) is 169 cm³/mol. The molecule has 7 rings (SSSR count). The van der Waals surface area contributed by atoms with Crippen molar-refractivity contribution in [2.45, 2.75) is 17.4 Å². The summed E-state index contributed by atoms with van der Waals surface area (Å²) >= 11 is 0. The van der Waals surface area contributed by atoms with Gasteiger partial charge in [-0.25, -0.2) is 17.4 Å². The van der Waals surface area contributed by atoms with Crippen LogP contribution in [0.5, 0.6) is 5.75 Å². The van der Waals surface area contributed by atoms with Crippen LogP contribution in [0, 0.1) is 11.3 Å². The second kappa shape index (κ2) is 11.8. The molecule has 0 saturated carbocycles. The zero-order valence-electron chi connectivity index (χ0n) is 24.0. The van der Waals surface area contributed by atoms with Gasteiger partial charge in [-0.15, -0.1) is 0 Å². The van der Waals surface area contributed by atoms with Crippen LogP contribution in [-0.2, 0) is 14.8 Å². The first-order chi connectivity index (χ1) is 21.5. The highest BCUT2D eigenvalue weighted by Gasteiger charge is 2.27. The molecule has 1 N–H and O–H groups in total. The zero-order valence-corrected chi connectivity index (χ0v) is 24.8. The average Bonchev–Trinajstić information content (AvgIpc) is 3.74. The molecule has 3 aromatic carbocycles. The Hall–Kier alpha value is -4.69. The number of nitriles is 1. The minimum absolute atomic E-state index is 0.0643. The van der Waals surface area contributed by atoms with E-state index in [9.17, 15) is 13.7 Å². The molecule has 4 heterocycles. The zero-order chi connectivity index (χ0) is 30.1. The molecule has 2 aromatic heterocycles. The first kappa shape index (κ1) is 28.1. The summed E-state index contributed by atoms with van der Waals surface area (Å²) in [5.41, 5.74) is 4.41. The number of pyridine rings is 1. The third kappa shape index (κ3) is 5.19. The van der Waals surface area contributed by atoms with E-state index < -0.39 is 10.0 Å². The lowest BCUT2D eigenvalue weighted by molar-refractivity contribution is 0.122. The van der Waals surface area contributed by atoms with E-state index in [1.54, 1.807) is 42.6 Å². The lowest BCUT2D eigenvalue weighted by Gasteiger charge is -2.28. The van der Waals surface area contributed by atoms with Gasteiger partial charge in [0.2, 0.25) is 0 Å². The van der Waals surface area contributed by atoms with Crippen molar-refractivity contribution in [3.8, 4) is 34.2 Å². The molecular formula is C34H31N5O4S. The van der Waals surface area contributed by atoms with Gasteiger partial charge in [0.1, 0.15) is 11.9 Å². The number of nitrogens with one attached hydrogen (secondary N) is 1. The average molecular weight is 606 g/mol. The van der Waals surface area contributed by atoms with E-state index >= 15 is 0 Å². The Morgan fingerprint density at radius 2 is 1.75 bits per heavy atom. The van der Waals surface area contributed by atoms with Crippen LogP contribution in [0.15, 0.2) is 96.0 Å². The molecule has 0 radical (unpaired) electrons. The van der Waals surface area contributed by atoms with Crippen molar-refractivity contribution in [1.29, 1.82) is 5.26 Å². The maximum atomic E-state index is 14.2.